The number of phenols is 1. The van der Waals surface area contributed by atoms with Crippen molar-refractivity contribution < 1.29 is 47.3 Å². The number of benzene rings is 2. The maximum absolute atomic E-state index is 12.9. The van der Waals surface area contributed by atoms with Crippen molar-refractivity contribution in [1.82, 2.24) is 26.1 Å². The van der Waals surface area contributed by atoms with Crippen molar-refractivity contribution in [3.05, 3.63) is 75.5 Å². The molecule has 1 atom stereocenters. The van der Waals surface area contributed by atoms with Crippen molar-refractivity contribution in [3.63, 3.8) is 0 Å². The van der Waals surface area contributed by atoms with Crippen molar-refractivity contribution in [2.45, 2.75) is 44.2 Å². The van der Waals surface area contributed by atoms with E-state index in [0.717, 1.165) is 35.1 Å². The number of thiophene rings is 1. The number of rotatable bonds is 18. The summed E-state index contributed by atoms with van der Waals surface area (Å²) in [6, 6.07) is 11.4. The van der Waals surface area contributed by atoms with Gasteiger partial charge in [0.25, 0.3) is 11.8 Å². The number of carbonyl (C=O) groups excluding carboxylic acids is 4. The van der Waals surface area contributed by atoms with Gasteiger partial charge in [-0.1, -0.05) is 12.1 Å². The molecule has 4 amide bonds. The maximum Gasteiger partial charge on any atom is 0.339 e. The summed E-state index contributed by atoms with van der Waals surface area (Å²) in [6.45, 7) is 3.65. The standard InChI is InChI=1S/C31H36N6O10S2/c1-3-32-28(40)18-47-22-6-4-20(5-7-22)12-13-33-31(44)37-34-16-21(14-19(2)38)36-29(41)27-11-8-23(48-27)17-35-49(45,46)24-9-10-26(39)25(15-24)30(42)43/h4-11,15-16,21,35,39H,3,12-14,17-18H2,1-2H3,(H,32,40)(H,36,41)(H,42,43)(H2,33,37,44)/b34-16-/t21-/m0/s1. The molecule has 262 valence electrons. The van der Waals surface area contributed by atoms with Gasteiger partial charge in [0, 0.05) is 37.1 Å². The number of carboxylic acid groups (broad SMARTS) is 1. The van der Waals surface area contributed by atoms with E-state index in [1.807, 2.05) is 19.1 Å². The minimum Gasteiger partial charge on any atom is -0.507 e. The number of hydrogen-bond donors (Lipinski definition) is 7. The number of carbonyl (C=O) groups is 5. The minimum absolute atomic E-state index is 0.0857. The summed E-state index contributed by atoms with van der Waals surface area (Å²) in [5.41, 5.74) is 2.63. The summed E-state index contributed by atoms with van der Waals surface area (Å²) in [4.78, 5) is 59.9. The van der Waals surface area contributed by atoms with E-state index in [1.54, 1.807) is 12.1 Å². The third kappa shape index (κ3) is 12.7. The number of aromatic carboxylic acids is 1. The number of urea groups is 1. The molecule has 0 saturated heterocycles. The van der Waals surface area contributed by atoms with Gasteiger partial charge in [0.1, 0.15) is 22.8 Å². The lowest BCUT2D eigenvalue weighted by Crippen LogP contribution is -2.39. The summed E-state index contributed by atoms with van der Waals surface area (Å²) in [6.07, 6.45) is 1.61. The first kappa shape index (κ1) is 38.1. The smallest absolute Gasteiger partial charge is 0.339 e. The fourth-order valence-electron chi connectivity index (χ4n) is 4.08. The molecule has 7 N–H and O–H groups in total. The number of ketones is 1. The van der Waals surface area contributed by atoms with E-state index in [9.17, 15) is 37.5 Å². The number of likely N-dealkylation sites (N-methyl/N-ethyl adjacent to an activating group) is 1. The van der Waals surface area contributed by atoms with E-state index in [1.165, 1.54) is 25.3 Å². The summed E-state index contributed by atoms with van der Waals surface area (Å²) < 4.78 is 33.0. The van der Waals surface area contributed by atoms with E-state index < -0.39 is 45.3 Å². The number of Topliss-reactive ketones (excluding diaryl/α,β-unsaturated/α-hetero) is 1. The molecular formula is C31H36N6O10S2. The number of amides is 4. The van der Waals surface area contributed by atoms with Crippen molar-refractivity contribution in [1.29, 1.82) is 0 Å². The molecular weight excluding hydrogens is 681 g/mol. The predicted octanol–water partition coefficient (Wildman–Crippen LogP) is 1.75. The Labute approximate surface area is 286 Å². The molecule has 0 fully saturated rings. The van der Waals surface area contributed by atoms with Gasteiger partial charge in [-0.25, -0.2) is 28.2 Å². The summed E-state index contributed by atoms with van der Waals surface area (Å²) in [5.74, 6) is -2.56. The molecule has 0 aliphatic heterocycles. The highest BCUT2D eigenvalue weighted by atomic mass is 32.2. The van der Waals surface area contributed by atoms with Crippen LogP contribution in [0, 0.1) is 0 Å². The van der Waals surface area contributed by atoms with Gasteiger partial charge in [0.2, 0.25) is 10.0 Å². The highest BCUT2D eigenvalue weighted by Gasteiger charge is 2.20. The minimum atomic E-state index is -4.15. The van der Waals surface area contributed by atoms with Gasteiger partial charge in [-0.15, -0.1) is 11.3 Å². The van der Waals surface area contributed by atoms with Crippen LogP contribution in [0.2, 0.25) is 0 Å². The molecule has 0 aliphatic rings. The van der Waals surface area contributed by atoms with E-state index in [0.29, 0.717) is 23.6 Å². The van der Waals surface area contributed by atoms with Crippen molar-refractivity contribution in [3.8, 4) is 11.5 Å². The summed E-state index contributed by atoms with van der Waals surface area (Å²) in [5, 5.41) is 30.5. The van der Waals surface area contributed by atoms with Gasteiger partial charge in [-0.05, 0) is 68.3 Å². The van der Waals surface area contributed by atoms with Crippen LogP contribution in [0.3, 0.4) is 0 Å². The second kappa shape index (κ2) is 18.3. The number of hydrogen-bond acceptors (Lipinski definition) is 11. The molecule has 0 aliphatic carbocycles. The Bertz CT molecular complexity index is 1790. The molecule has 1 heterocycles. The summed E-state index contributed by atoms with van der Waals surface area (Å²) >= 11 is 0.985. The average Bonchev–Trinajstić information content (AvgIpc) is 3.53. The van der Waals surface area contributed by atoms with Gasteiger partial charge in [0.05, 0.1) is 15.8 Å². The molecule has 16 nitrogen and oxygen atoms in total. The fraction of sp³-hybridized carbons (Fsp3) is 0.290. The lowest BCUT2D eigenvalue weighted by atomic mass is 10.1. The fourth-order valence-corrected chi connectivity index (χ4v) is 6.06. The Morgan fingerprint density at radius 1 is 1.02 bits per heavy atom. The van der Waals surface area contributed by atoms with Crippen LogP contribution in [0.5, 0.6) is 11.5 Å². The monoisotopic (exact) mass is 716 g/mol. The zero-order valence-electron chi connectivity index (χ0n) is 26.5. The van der Waals surface area contributed by atoms with Gasteiger partial charge < -0.3 is 30.9 Å². The topological polar surface area (TPSA) is 242 Å². The molecule has 3 aromatic rings. The van der Waals surface area contributed by atoms with Crippen LogP contribution in [0.15, 0.2) is 64.6 Å². The number of nitrogens with one attached hydrogen (secondary N) is 5. The van der Waals surface area contributed by atoms with Gasteiger partial charge in [-0.2, -0.15) is 5.10 Å². The van der Waals surface area contributed by atoms with E-state index in [-0.39, 0.29) is 47.6 Å². The van der Waals surface area contributed by atoms with Crippen LogP contribution in [0.1, 0.15) is 50.7 Å². The van der Waals surface area contributed by atoms with Gasteiger partial charge in [0.15, 0.2) is 6.61 Å². The molecule has 0 bridgehead atoms. The Kier molecular flexibility index (Phi) is 14.2. The Morgan fingerprint density at radius 2 is 1.76 bits per heavy atom. The first-order valence-electron chi connectivity index (χ1n) is 14.8. The van der Waals surface area contributed by atoms with E-state index in [4.69, 9.17) is 9.84 Å². The molecule has 18 heteroatoms. The van der Waals surface area contributed by atoms with Crippen molar-refractivity contribution in [2.24, 2.45) is 5.10 Å². The number of hydrazone groups is 1. The molecule has 0 radical (unpaired) electrons. The van der Waals surface area contributed by atoms with Crippen LogP contribution in [-0.2, 0) is 32.6 Å². The number of aromatic hydroxyl groups is 1. The number of sulfonamides is 1. The summed E-state index contributed by atoms with van der Waals surface area (Å²) in [7, 11) is -4.15. The van der Waals surface area contributed by atoms with Crippen LogP contribution in [0.4, 0.5) is 4.79 Å². The molecule has 49 heavy (non-hydrogen) atoms. The second-order valence-corrected chi connectivity index (χ2v) is 13.3. The van der Waals surface area contributed by atoms with Crippen molar-refractivity contribution >= 4 is 57.2 Å². The SMILES string of the molecule is CCNC(=O)COc1ccc(CCNC(=O)N/N=C\[C@H](CC(C)=O)NC(=O)c2ccc(CNS(=O)(=O)c3ccc(O)c(C(=O)O)c3)s2)cc1. The van der Waals surface area contributed by atoms with Crippen LogP contribution in [-0.4, -0.2) is 80.2 Å². The number of carboxylic acids is 1. The first-order chi connectivity index (χ1) is 23.3. The molecule has 1 aromatic heterocycles. The highest BCUT2D eigenvalue weighted by Crippen LogP contribution is 2.22. The van der Waals surface area contributed by atoms with Crippen molar-refractivity contribution in [2.75, 3.05) is 19.7 Å². The van der Waals surface area contributed by atoms with Crippen LogP contribution < -0.4 is 30.8 Å². The Morgan fingerprint density at radius 3 is 2.43 bits per heavy atom. The van der Waals surface area contributed by atoms with Crippen LogP contribution in [0.25, 0.3) is 0 Å². The maximum atomic E-state index is 12.9. The zero-order chi connectivity index (χ0) is 36.0. The molecule has 0 spiro atoms. The number of ether oxygens (including phenoxy) is 1. The third-order valence-corrected chi connectivity index (χ3v) is 8.92. The molecule has 0 unspecified atom stereocenters. The van der Waals surface area contributed by atoms with E-state index in [2.05, 4.69) is 31.2 Å². The predicted molar refractivity (Wildman–Crippen MR) is 179 cm³/mol. The lowest BCUT2D eigenvalue weighted by Gasteiger charge is -2.12. The Balaban J connectivity index is 1.47. The quantitative estimate of drug-likeness (QED) is 0.0743. The molecule has 0 saturated carbocycles. The normalized spacial score (nSPS) is 11.8. The largest absolute Gasteiger partial charge is 0.507 e. The Hall–Kier alpha value is -5.33. The van der Waals surface area contributed by atoms with Crippen LogP contribution >= 0.6 is 11.3 Å². The van der Waals surface area contributed by atoms with E-state index >= 15 is 0 Å². The lowest BCUT2D eigenvalue weighted by molar-refractivity contribution is -0.123. The molecule has 3 rings (SSSR count). The average molecular weight is 717 g/mol. The van der Waals surface area contributed by atoms with Gasteiger partial charge in [-0.3, -0.25) is 14.4 Å². The first-order valence-corrected chi connectivity index (χ1v) is 17.1. The zero-order valence-corrected chi connectivity index (χ0v) is 28.2. The highest BCUT2D eigenvalue weighted by molar-refractivity contribution is 7.89. The number of nitrogens with zero attached hydrogens (tertiary/aromatic N) is 1. The van der Waals surface area contributed by atoms with Gasteiger partial charge >= 0.3 is 12.0 Å². The molecule has 2 aromatic carbocycles. The third-order valence-electron chi connectivity index (χ3n) is 6.44. The second-order valence-electron chi connectivity index (χ2n) is 10.3.